The number of amides is 2. The Bertz CT molecular complexity index is 648. The predicted molar refractivity (Wildman–Crippen MR) is 84.2 cm³/mol. The number of benzene rings is 1. The van der Waals surface area contributed by atoms with Crippen LogP contribution in [0.15, 0.2) is 24.3 Å². The van der Waals surface area contributed by atoms with Crippen LogP contribution in [0.2, 0.25) is 0 Å². The summed E-state index contributed by atoms with van der Waals surface area (Å²) in [6.45, 7) is 0.342. The number of nitrogens with zero attached hydrogens (tertiary/aromatic N) is 1. The monoisotopic (exact) mass is 316 g/mol. The molecule has 2 amide bonds. The van der Waals surface area contributed by atoms with E-state index in [2.05, 4.69) is 5.32 Å². The van der Waals surface area contributed by atoms with Gasteiger partial charge in [0.2, 0.25) is 11.8 Å². The molecule has 5 heteroatoms. The molecule has 2 aliphatic carbocycles. The molecule has 23 heavy (non-hydrogen) atoms. The van der Waals surface area contributed by atoms with Crippen LogP contribution < -0.4 is 10.2 Å². The lowest BCUT2D eigenvalue weighted by atomic mass is 9.94. The standard InChI is InChI=1S/C18H21FN2O2/c19-14-2-1-3-15(9-14)21-10-13(8-17(21)22)18(23)20-16-7-11-4-5-12(16)6-11/h1-3,9,11-13,16H,4-8,10H2,(H,20,23). The second kappa shape index (κ2) is 5.62. The number of hydrogen-bond donors (Lipinski definition) is 1. The Balaban J connectivity index is 1.41. The zero-order chi connectivity index (χ0) is 16.0. The first-order valence-electron chi connectivity index (χ1n) is 8.46. The summed E-state index contributed by atoms with van der Waals surface area (Å²) in [5.41, 5.74) is 0.533. The van der Waals surface area contributed by atoms with Gasteiger partial charge in [-0.3, -0.25) is 9.59 Å². The normalized spacial score (nSPS) is 32.6. The number of fused-ring (bicyclic) bond motifs is 2. The average molecular weight is 316 g/mol. The molecule has 4 atom stereocenters. The minimum atomic E-state index is -0.370. The van der Waals surface area contributed by atoms with Crippen LogP contribution in [-0.2, 0) is 9.59 Å². The molecule has 1 aromatic carbocycles. The molecular weight excluding hydrogens is 295 g/mol. The fraction of sp³-hybridized carbons (Fsp3) is 0.556. The highest BCUT2D eigenvalue weighted by molar-refractivity contribution is 6.00. The van der Waals surface area contributed by atoms with E-state index in [9.17, 15) is 14.0 Å². The lowest BCUT2D eigenvalue weighted by molar-refractivity contribution is -0.127. The van der Waals surface area contributed by atoms with Crippen LogP contribution in [0.4, 0.5) is 10.1 Å². The van der Waals surface area contributed by atoms with Gasteiger partial charge in [0.25, 0.3) is 0 Å². The fourth-order valence-electron chi connectivity index (χ4n) is 4.50. The number of nitrogens with one attached hydrogen (secondary N) is 1. The number of hydrogen-bond acceptors (Lipinski definition) is 2. The largest absolute Gasteiger partial charge is 0.353 e. The third-order valence-electron chi connectivity index (χ3n) is 5.68. The van der Waals surface area contributed by atoms with Gasteiger partial charge in [-0.05, 0) is 49.3 Å². The topological polar surface area (TPSA) is 49.4 Å². The van der Waals surface area contributed by atoms with Gasteiger partial charge in [0, 0.05) is 24.7 Å². The lowest BCUT2D eigenvalue weighted by Gasteiger charge is -2.24. The maximum Gasteiger partial charge on any atom is 0.227 e. The molecule has 122 valence electrons. The minimum absolute atomic E-state index is 0.0187. The van der Waals surface area contributed by atoms with Gasteiger partial charge in [0.05, 0.1) is 5.92 Å². The second-order valence-electron chi connectivity index (χ2n) is 7.18. The summed E-state index contributed by atoms with van der Waals surface area (Å²) >= 11 is 0. The van der Waals surface area contributed by atoms with E-state index in [-0.39, 0.29) is 30.0 Å². The summed E-state index contributed by atoms with van der Waals surface area (Å²) in [5.74, 6) is 0.577. The Hall–Kier alpha value is -1.91. The molecule has 2 bridgehead atoms. The van der Waals surface area contributed by atoms with E-state index >= 15 is 0 Å². The number of halogens is 1. The van der Waals surface area contributed by atoms with E-state index in [1.807, 2.05) is 0 Å². The number of rotatable bonds is 3. The lowest BCUT2D eigenvalue weighted by Crippen LogP contribution is -2.42. The van der Waals surface area contributed by atoms with Crippen LogP contribution in [0, 0.1) is 23.6 Å². The molecule has 0 aromatic heterocycles. The van der Waals surface area contributed by atoms with E-state index < -0.39 is 0 Å². The van der Waals surface area contributed by atoms with E-state index in [1.165, 1.54) is 36.3 Å². The van der Waals surface area contributed by atoms with Gasteiger partial charge in [-0.25, -0.2) is 4.39 Å². The number of anilines is 1. The zero-order valence-electron chi connectivity index (χ0n) is 13.0. The van der Waals surface area contributed by atoms with E-state index in [1.54, 1.807) is 12.1 Å². The molecule has 4 nitrogen and oxygen atoms in total. The molecule has 1 heterocycles. The highest BCUT2D eigenvalue weighted by Gasteiger charge is 2.42. The maximum atomic E-state index is 13.3. The number of carbonyl (C=O) groups is 2. The second-order valence-corrected chi connectivity index (χ2v) is 7.18. The zero-order valence-corrected chi connectivity index (χ0v) is 13.0. The Morgan fingerprint density at radius 1 is 1.26 bits per heavy atom. The van der Waals surface area contributed by atoms with Gasteiger partial charge in [0.15, 0.2) is 0 Å². The van der Waals surface area contributed by atoms with Crippen LogP contribution in [-0.4, -0.2) is 24.4 Å². The highest BCUT2D eigenvalue weighted by atomic mass is 19.1. The van der Waals surface area contributed by atoms with E-state index in [0.29, 0.717) is 24.2 Å². The van der Waals surface area contributed by atoms with Crippen LogP contribution in [0.1, 0.15) is 32.1 Å². The molecule has 0 radical (unpaired) electrons. The third kappa shape index (κ3) is 2.73. The molecule has 3 aliphatic rings. The van der Waals surface area contributed by atoms with Crippen molar-refractivity contribution in [1.29, 1.82) is 0 Å². The molecule has 2 saturated carbocycles. The van der Waals surface area contributed by atoms with E-state index in [0.717, 1.165) is 12.3 Å². The first-order valence-corrected chi connectivity index (χ1v) is 8.46. The Morgan fingerprint density at radius 3 is 2.83 bits per heavy atom. The predicted octanol–water partition coefficient (Wildman–Crippen LogP) is 2.48. The van der Waals surface area contributed by atoms with Crippen molar-refractivity contribution in [3.8, 4) is 0 Å². The Labute approximate surface area is 135 Å². The van der Waals surface area contributed by atoms with Crippen molar-refractivity contribution in [3.05, 3.63) is 30.1 Å². The third-order valence-corrected chi connectivity index (χ3v) is 5.68. The molecule has 3 fully saturated rings. The quantitative estimate of drug-likeness (QED) is 0.931. The smallest absolute Gasteiger partial charge is 0.227 e. The van der Waals surface area contributed by atoms with Gasteiger partial charge < -0.3 is 10.2 Å². The maximum absolute atomic E-state index is 13.3. The van der Waals surface area contributed by atoms with Crippen molar-refractivity contribution in [3.63, 3.8) is 0 Å². The average Bonchev–Trinajstić information content (AvgIpc) is 3.22. The molecule has 4 rings (SSSR count). The van der Waals surface area contributed by atoms with Gasteiger partial charge >= 0.3 is 0 Å². The molecule has 1 aliphatic heterocycles. The van der Waals surface area contributed by atoms with Crippen molar-refractivity contribution in [2.24, 2.45) is 17.8 Å². The Morgan fingerprint density at radius 2 is 2.13 bits per heavy atom. The van der Waals surface area contributed by atoms with Crippen molar-refractivity contribution in [1.82, 2.24) is 5.32 Å². The van der Waals surface area contributed by atoms with Gasteiger partial charge in [-0.1, -0.05) is 12.5 Å². The number of carbonyl (C=O) groups excluding carboxylic acids is 2. The molecular formula is C18H21FN2O2. The van der Waals surface area contributed by atoms with Crippen molar-refractivity contribution >= 4 is 17.5 Å². The van der Waals surface area contributed by atoms with Crippen molar-refractivity contribution in [2.45, 2.75) is 38.1 Å². The fourth-order valence-corrected chi connectivity index (χ4v) is 4.50. The van der Waals surface area contributed by atoms with Crippen molar-refractivity contribution < 1.29 is 14.0 Å². The van der Waals surface area contributed by atoms with E-state index in [4.69, 9.17) is 0 Å². The molecule has 0 spiro atoms. The molecule has 1 N–H and O–H groups in total. The summed E-state index contributed by atoms with van der Waals surface area (Å²) in [5, 5.41) is 3.16. The summed E-state index contributed by atoms with van der Waals surface area (Å²) < 4.78 is 13.3. The molecule has 1 aromatic rings. The van der Waals surface area contributed by atoms with Crippen LogP contribution in [0.25, 0.3) is 0 Å². The van der Waals surface area contributed by atoms with Crippen molar-refractivity contribution in [2.75, 3.05) is 11.4 Å². The van der Waals surface area contributed by atoms with Crippen LogP contribution >= 0.6 is 0 Å². The SMILES string of the molecule is O=C(NC1CC2CCC1C2)C1CC(=O)N(c2cccc(F)c2)C1. The molecule has 4 unspecified atom stereocenters. The van der Waals surface area contributed by atoms with Crippen LogP contribution in [0.5, 0.6) is 0 Å². The minimum Gasteiger partial charge on any atom is -0.353 e. The van der Waals surface area contributed by atoms with Gasteiger partial charge in [-0.15, -0.1) is 0 Å². The summed E-state index contributed by atoms with van der Waals surface area (Å²) in [7, 11) is 0. The van der Waals surface area contributed by atoms with Gasteiger partial charge in [0.1, 0.15) is 5.82 Å². The first kappa shape index (κ1) is 14.7. The molecule has 1 saturated heterocycles. The summed E-state index contributed by atoms with van der Waals surface area (Å²) in [4.78, 5) is 26.2. The first-order chi connectivity index (χ1) is 11.1. The summed E-state index contributed by atoms with van der Waals surface area (Å²) in [6.07, 6.45) is 5.05. The van der Waals surface area contributed by atoms with Crippen LogP contribution in [0.3, 0.4) is 0 Å². The highest BCUT2D eigenvalue weighted by Crippen LogP contribution is 2.44. The summed E-state index contributed by atoms with van der Waals surface area (Å²) in [6, 6.07) is 6.27. The Kier molecular flexibility index (Phi) is 3.58. The van der Waals surface area contributed by atoms with Gasteiger partial charge in [-0.2, -0.15) is 0 Å².